The fourth-order valence-electron chi connectivity index (χ4n) is 3.95. The lowest BCUT2D eigenvalue weighted by molar-refractivity contribution is -0.138. The summed E-state index contributed by atoms with van der Waals surface area (Å²) in [6.07, 6.45) is -9.36. The summed E-state index contributed by atoms with van der Waals surface area (Å²) in [6, 6.07) is 19.9. The first-order chi connectivity index (χ1) is 19.3. The van der Waals surface area contributed by atoms with E-state index in [1.807, 2.05) is 0 Å². The van der Waals surface area contributed by atoms with E-state index in [2.05, 4.69) is 5.32 Å². The molecule has 212 valence electrons. The van der Waals surface area contributed by atoms with Crippen LogP contribution in [0, 0.1) is 0 Å². The topological polar surface area (TPSA) is 75.6 Å². The summed E-state index contributed by atoms with van der Waals surface area (Å²) >= 11 is 0. The van der Waals surface area contributed by atoms with Gasteiger partial charge in [0.15, 0.2) is 0 Å². The Morgan fingerprint density at radius 2 is 1.07 bits per heavy atom. The summed E-state index contributed by atoms with van der Waals surface area (Å²) in [6.45, 7) is 0. The molecule has 1 atom stereocenters. The second-order valence-electron chi connectivity index (χ2n) is 8.97. The van der Waals surface area contributed by atoms with Crippen LogP contribution >= 0.6 is 0 Å². The van der Waals surface area contributed by atoms with Gasteiger partial charge in [0, 0.05) is 5.56 Å². The number of benzene rings is 4. The number of carboxylic acids is 1. The summed E-state index contributed by atoms with van der Waals surface area (Å²) in [5.41, 5.74) is 0.192. The number of aliphatic carboxylic acids is 1. The Kier molecular flexibility index (Phi) is 8.36. The van der Waals surface area contributed by atoms with Crippen molar-refractivity contribution in [2.45, 2.75) is 24.8 Å². The van der Waals surface area contributed by atoms with Crippen LogP contribution in [0.2, 0.25) is 0 Å². The Labute approximate surface area is 230 Å². The predicted octanol–water partition coefficient (Wildman–Crippen LogP) is 8.13. The van der Waals surface area contributed by atoms with E-state index in [-0.39, 0.29) is 17.1 Å². The van der Waals surface area contributed by atoms with Crippen molar-refractivity contribution in [1.29, 1.82) is 0 Å². The molecule has 0 aliphatic carbocycles. The number of rotatable bonds is 8. The average Bonchev–Trinajstić information content (AvgIpc) is 2.92. The van der Waals surface area contributed by atoms with Crippen molar-refractivity contribution in [2.75, 3.05) is 0 Å². The molecule has 0 saturated heterocycles. The Balaban J connectivity index is 1.43. The van der Waals surface area contributed by atoms with E-state index >= 15 is 0 Å². The fourth-order valence-corrected chi connectivity index (χ4v) is 3.95. The molecule has 0 heterocycles. The van der Waals surface area contributed by atoms with Gasteiger partial charge in [-0.25, -0.2) is 0 Å². The van der Waals surface area contributed by atoms with E-state index in [0.717, 1.165) is 24.3 Å². The Morgan fingerprint density at radius 1 is 0.659 bits per heavy atom. The zero-order chi connectivity index (χ0) is 29.8. The molecule has 11 heteroatoms. The van der Waals surface area contributed by atoms with Gasteiger partial charge in [0.2, 0.25) is 0 Å². The minimum atomic E-state index is -4.47. The third-order valence-corrected chi connectivity index (χ3v) is 6.08. The molecule has 0 bridgehead atoms. The molecule has 4 aromatic rings. The number of hydrogen-bond donors (Lipinski definition) is 2. The van der Waals surface area contributed by atoms with Crippen LogP contribution in [0.25, 0.3) is 11.1 Å². The highest BCUT2D eigenvalue weighted by molar-refractivity contribution is 5.94. The van der Waals surface area contributed by atoms with Crippen LogP contribution in [0.1, 0.15) is 39.5 Å². The lowest BCUT2D eigenvalue weighted by Crippen LogP contribution is -2.30. The average molecular weight is 573 g/mol. The van der Waals surface area contributed by atoms with Gasteiger partial charge in [0.05, 0.1) is 23.6 Å². The minimum absolute atomic E-state index is 0.163. The number of alkyl halides is 6. The van der Waals surface area contributed by atoms with Crippen LogP contribution in [0.3, 0.4) is 0 Å². The number of carbonyl (C=O) groups is 2. The maximum absolute atomic E-state index is 12.9. The summed E-state index contributed by atoms with van der Waals surface area (Å²) < 4.78 is 82.2. The quantitative estimate of drug-likeness (QED) is 0.209. The monoisotopic (exact) mass is 573 g/mol. The first kappa shape index (κ1) is 29.2. The molecule has 0 radical (unpaired) electrons. The zero-order valence-corrected chi connectivity index (χ0v) is 21.0. The first-order valence-electron chi connectivity index (χ1n) is 12.0. The molecule has 5 nitrogen and oxygen atoms in total. The number of ether oxygens (including phenoxy) is 1. The Hall–Kier alpha value is -4.80. The first-order valence-corrected chi connectivity index (χ1v) is 12.0. The van der Waals surface area contributed by atoms with Crippen molar-refractivity contribution in [3.63, 3.8) is 0 Å². The largest absolute Gasteiger partial charge is 0.481 e. The number of amides is 1. The normalized spacial score (nSPS) is 12.4. The molecule has 2 N–H and O–H groups in total. The lowest BCUT2D eigenvalue weighted by Gasteiger charge is -2.18. The highest BCUT2D eigenvalue weighted by Crippen LogP contribution is 2.33. The van der Waals surface area contributed by atoms with Gasteiger partial charge in [0.25, 0.3) is 5.91 Å². The van der Waals surface area contributed by atoms with Crippen LogP contribution in [-0.4, -0.2) is 17.0 Å². The van der Waals surface area contributed by atoms with Gasteiger partial charge in [-0.1, -0.05) is 36.4 Å². The van der Waals surface area contributed by atoms with E-state index in [0.29, 0.717) is 16.7 Å². The van der Waals surface area contributed by atoms with Gasteiger partial charge < -0.3 is 15.2 Å². The van der Waals surface area contributed by atoms with E-state index in [4.69, 9.17) is 4.74 Å². The second-order valence-corrected chi connectivity index (χ2v) is 8.97. The minimum Gasteiger partial charge on any atom is -0.481 e. The number of halogens is 6. The summed E-state index contributed by atoms with van der Waals surface area (Å²) in [4.78, 5) is 24.3. The number of carbonyl (C=O) groups excluding carboxylic acids is 1. The van der Waals surface area contributed by atoms with Crippen molar-refractivity contribution in [2.24, 2.45) is 0 Å². The molecular weight excluding hydrogens is 552 g/mol. The molecule has 4 rings (SSSR count). The standard InChI is InChI=1S/C30H21F6NO4/c31-29(32,33)22-9-5-19(6-10-22)18-1-3-20(4-2-18)26(17-27(38)39)37-28(40)21-7-13-24(14-8-21)41-25-15-11-23(12-16-25)30(34,35)36/h1-16,26H,17H2,(H,37,40)(H,38,39). The van der Waals surface area contributed by atoms with Crippen LogP contribution in [-0.2, 0) is 17.1 Å². The lowest BCUT2D eigenvalue weighted by atomic mass is 9.98. The molecule has 0 spiro atoms. The van der Waals surface area contributed by atoms with Crippen molar-refractivity contribution >= 4 is 11.9 Å². The molecule has 0 saturated carbocycles. The Morgan fingerprint density at radius 3 is 1.51 bits per heavy atom. The van der Waals surface area contributed by atoms with Gasteiger partial charge in [0.1, 0.15) is 11.5 Å². The van der Waals surface area contributed by atoms with Gasteiger partial charge in [-0.15, -0.1) is 0 Å². The fraction of sp³-hybridized carbons (Fsp3) is 0.133. The molecule has 4 aromatic carbocycles. The van der Waals surface area contributed by atoms with Gasteiger partial charge in [-0.3, -0.25) is 9.59 Å². The highest BCUT2D eigenvalue weighted by atomic mass is 19.4. The highest BCUT2D eigenvalue weighted by Gasteiger charge is 2.31. The van der Waals surface area contributed by atoms with E-state index in [1.165, 1.54) is 48.5 Å². The summed E-state index contributed by atoms with van der Waals surface area (Å²) in [5, 5.41) is 12.0. The SMILES string of the molecule is O=C(O)CC(NC(=O)c1ccc(Oc2ccc(C(F)(F)F)cc2)cc1)c1ccc(-c2ccc(C(F)(F)F)cc2)cc1. The third-order valence-electron chi connectivity index (χ3n) is 6.08. The molecule has 0 fully saturated rings. The van der Waals surface area contributed by atoms with Crippen molar-refractivity contribution in [3.05, 3.63) is 119 Å². The summed E-state index contributed by atoms with van der Waals surface area (Å²) in [7, 11) is 0. The van der Waals surface area contributed by atoms with Crippen LogP contribution in [0.15, 0.2) is 97.1 Å². The van der Waals surface area contributed by atoms with E-state index in [1.54, 1.807) is 24.3 Å². The molecular formula is C30H21F6NO4. The summed E-state index contributed by atoms with van der Waals surface area (Å²) in [5.74, 6) is -1.31. The molecule has 0 aliphatic heterocycles. The molecule has 41 heavy (non-hydrogen) atoms. The molecule has 0 aromatic heterocycles. The van der Waals surface area contributed by atoms with Gasteiger partial charge in [-0.2, -0.15) is 26.3 Å². The van der Waals surface area contributed by atoms with E-state index < -0.39 is 47.8 Å². The molecule has 1 amide bonds. The van der Waals surface area contributed by atoms with E-state index in [9.17, 15) is 41.0 Å². The van der Waals surface area contributed by atoms with Crippen molar-refractivity contribution in [1.82, 2.24) is 5.32 Å². The number of nitrogens with one attached hydrogen (secondary N) is 1. The van der Waals surface area contributed by atoms with Gasteiger partial charge >= 0.3 is 18.3 Å². The van der Waals surface area contributed by atoms with Crippen molar-refractivity contribution < 1.29 is 45.8 Å². The number of carboxylic acid groups (broad SMARTS) is 1. The predicted molar refractivity (Wildman–Crippen MR) is 137 cm³/mol. The smallest absolute Gasteiger partial charge is 0.416 e. The van der Waals surface area contributed by atoms with Crippen LogP contribution in [0.4, 0.5) is 26.3 Å². The Bertz CT molecular complexity index is 1500. The van der Waals surface area contributed by atoms with Gasteiger partial charge in [-0.05, 0) is 77.4 Å². The maximum Gasteiger partial charge on any atom is 0.416 e. The van der Waals surface area contributed by atoms with Crippen molar-refractivity contribution in [3.8, 4) is 22.6 Å². The maximum atomic E-state index is 12.9. The zero-order valence-electron chi connectivity index (χ0n) is 21.0. The third kappa shape index (κ3) is 7.65. The van der Waals surface area contributed by atoms with Crippen LogP contribution < -0.4 is 10.1 Å². The molecule has 0 aliphatic rings. The van der Waals surface area contributed by atoms with Crippen LogP contribution in [0.5, 0.6) is 11.5 Å². The second kappa shape index (κ2) is 11.7. The molecule has 1 unspecified atom stereocenters. The number of hydrogen-bond acceptors (Lipinski definition) is 3.